The van der Waals surface area contributed by atoms with Crippen LogP contribution in [-0.4, -0.2) is 58.8 Å². The maximum Gasteiger partial charge on any atom is 0.243 e. The number of hydrogen-bond donors (Lipinski definition) is 1. The molecule has 3 rings (SSSR count). The van der Waals surface area contributed by atoms with Gasteiger partial charge in [0, 0.05) is 13.2 Å². The Hall–Kier alpha value is -2.43. The molecule has 3 aromatic rings. The number of pyridine rings is 1. The molecule has 0 saturated heterocycles. The molecule has 2 aromatic heterocycles. The van der Waals surface area contributed by atoms with E-state index in [0.717, 1.165) is 10.1 Å². The predicted octanol–water partition coefficient (Wildman–Crippen LogP) is 1.96. The van der Waals surface area contributed by atoms with Crippen molar-refractivity contribution in [2.24, 2.45) is 0 Å². The number of thioether (sulfide) groups is 1. The molecule has 10 heteroatoms. The molecule has 2 heterocycles. The first-order chi connectivity index (χ1) is 13.9. The Balaban J connectivity index is 1.75. The molecule has 1 amide bonds. The molecule has 0 aliphatic rings. The van der Waals surface area contributed by atoms with E-state index in [-0.39, 0.29) is 17.5 Å². The summed E-state index contributed by atoms with van der Waals surface area (Å²) >= 11 is 1.66. The second-order valence-electron chi connectivity index (χ2n) is 6.46. The lowest BCUT2D eigenvalue weighted by Crippen LogP contribution is -2.40. The zero-order valence-corrected chi connectivity index (χ0v) is 17.9. The van der Waals surface area contributed by atoms with Gasteiger partial charge in [0.2, 0.25) is 15.9 Å². The summed E-state index contributed by atoms with van der Waals surface area (Å²) in [5.74, 6) is 1.03. The molecule has 0 spiro atoms. The van der Waals surface area contributed by atoms with Crippen molar-refractivity contribution >= 4 is 33.3 Å². The number of nitrogens with zero attached hydrogens (tertiary/aromatic N) is 4. The lowest BCUT2D eigenvalue weighted by molar-refractivity contribution is -0.122. The SMILES string of the molecule is CSCCC(NC(=O)CN(C)S(=O)(=O)c1ccccc1)c1nnc2ccccn12. The molecule has 0 radical (unpaired) electrons. The maximum absolute atomic E-state index is 12.7. The van der Waals surface area contributed by atoms with Crippen LogP contribution in [0.15, 0.2) is 59.6 Å². The summed E-state index contributed by atoms with van der Waals surface area (Å²) in [5.41, 5.74) is 0.690. The molecule has 154 valence electrons. The van der Waals surface area contributed by atoms with Crippen molar-refractivity contribution in [1.29, 1.82) is 0 Å². The summed E-state index contributed by atoms with van der Waals surface area (Å²) in [4.78, 5) is 12.8. The van der Waals surface area contributed by atoms with Crippen LogP contribution < -0.4 is 5.32 Å². The third kappa shape index (κ3) is 4.95. The van der Waals surface area contributed by atoms with E-state index >= 15 is 0 Å². The van der Waals surface area contributed by atoms with Crippen molar-refractivity contribution < 1.29 is 13.2 Å². The molecule has 8 nitrogen and oxygen atoms in total. The van der Waals surface area contributed by atoms with Crippen LogP contribution in [-0.2, 0) is 14.8 Å². The van der Waals surface area contributed by atoms with Gasteiger partial charge in [-0.3, -0.25) is 9.20 Å². The van der Waals surface area contributed by atoms with Gasteiger partial charge in [-0.1, -0.05) is 24.3 Å². The van der Waals surface area contributed by atoms with E-state index in [4.69, 9.17) is 0 Å². The number of nitrogens with one attached hydrogen (secondary N) is 1. The topological polar surface area (TPSA) is 96.7 Å². The molecular formula is C19H23N5O3S2. The van der Waals surface area contributed by atoms with Crippen LogP contribution >= 0.6 is 11.8 Å². The van der Waals surface area contributed by atoms with E-state index in [9.17, 15) is 13.2 Å². The van der Waals surface area contributed by atoms with Crippen LogP contribution in [0.4, 0.5) is 0 Å². The van der Waals surface area contributed by atoms with Gasteiger partial charge in [0.15, 0.2) is 11.5 Å². The summed E-state index contributed by atoms with van der Waals surface area (Å²) in [6, 6.07) is 13.3. The Labute approximate surface area is 174 Å². The standard InChI is InChI=1S/C19H23N5O3S2/c1-23(29(26,27)15-8-4-3-5-9-15)14-18(25)20-16(11-13-28-2)19-22-21-17-10-6-7-12-24(17)19/h3-10,12,16H,11,13-14H2,1-2H3,(H,20,25). The van der Waals surface area contributed by atoms with Gasteiger partial charge in [-0.25, -0.2) is 8.42 Å². The Morgan fingerprint density at radius 3 is 2.62 bits per heavy atom. The van der Waals surface area contributed by atoms with Gasteiger partial charge in [-0.05, 0) is 42.7 Å². The normalized spacial score (nSPS) is 12.9. The summed E-state index contributed by atoms with van der Waals surface area (Å²) in [6.07, 6.45) is 4.48. The second kappa shape index (κ2) is 9.38. The first kappa shape index (κ1) is 21.3. The van der Waals surface area contributed by atoms with Crippen molar-refractivity contribution in [3.05, 3.63) is 60.6 Å². The number of fused-ring (bicyclic) bond motifs is 1. The molecule has 0 fully saturated rings. The van der Waals surface area contributed by atoms with Gasteiger partial charge in [-0.15, -0.1) is 10.2 Å². The maximum atomic E-state index is 12.7. The van der Waals surface area contributed by atoms with Crippen molar-refractivity contribution in [3.63, 3.8) is 0 Å². The average molecular weight is 434 g/mol. The first-order valence-corrected chi connectivity index (χ1v) is 11.9. The van der Waals surface area contributed by atoms with Gasteiger partial charge in [-0.2, -0.15) is 16.1 Å². The molecule has 1 atom stereocenters. The Morgan fingerprint density at radius 1 is 1.17 bits per heavy atom. The van der Waals surface area contributed by atoms with E-state index in [1.54, 1.807) is 30.0 Å². The van der Waals surface area contributed by atoms with Crippen LogP contribution in [0, 0.1) is 0 Å². The van der Waals surface area contributed by atoms with E-state index in [2.05, 4.69) is 15.5 Å². The Bertz CT molecular complexity index is 1070. The molecule has 1 unspecified atom stereocenters. The van der Waals surface area contributed by atoms with Crippen molar-refractivity contribution in [1.82, 2.24) is 24.2 Å². The fourth-order valence-corrected chi connectivity index (χ4v) is 4.52. The van der Waals surface area contributed by atoms with E-state index < -0.39 is 15.9 Å². The first-order valence-electron chi connectivity index (χ1n) is 9.03. The van der Waals surface area contributed by atoms with Crippen LogP contribution in [0.5, 0.6) is 0 Å². The summed E-state index contributed by atoms with van der Waals surface area (Å²) < 4.78 is 28.2. The van der Waals surface area contributed by atoms with Crippen LogP contribution in [0.1, 0.15) is 18.3 Å². The molecule has 1 N–H and O–H groups in total. The molecule has 0 aliphatic heterocycles. The Kier molecular flexibility index (Phi) is 6.88. The van der Waals surface area contributed by atoms with Crippen LogP contribution in [0.3, 0.4) is 0 Å². The predicted molar refractivity (Wildman–Crippen MR) is 113 cm³/mol. The fraction of sp³-hybridized carbons (Fsp3) is 0.316. The number of benzene rings is 1. The quantitative estimate of drug-likeness (QED) is 0.554. The summed E-state index contributed by atoms with van der Waals surface area (Å²) in [7, 11) is -2.35. The van der Waals surface area contributed by atoms with Gasteiger partial charge < -0.3 is 5.32 Å². The number of amides is 1. The van der Waals surface area contributed by atoms with E-state index in [1.807, 2.05) is 35.1 Å². The number of sulfonamides is 1. The second-order valence-corrected chi connectivity index (χ2v) is 9.49. The molecule has 1 aromatic carbocycles. The monoisotopic (exact) mass is 433 g/mol. The van der Waals surface area contributed by atoms with E-state index in [1.165, 1.54) is 19.2 Å². The highest BCUT2D eigenvalue weighted by Gasteiger charge is 2.25. The largest absolute Gasteiger partial charge is 0.345 e. The van der Waals surface area contributed by atoms with Crippen LogP contribution in [0.2, 0.25) is 0 Å². The number of carbonyl (C=O) groups is 1. The summed E-state index contributed by atoms with van der Waals surface area (Å²) in [5, 5.41) is 11.3. The lowest BCUT2D eigenvalue weighted by Gasteiger charge is -2.20. The minimum absolute atomic E-state index is 0.151. The minimum atomic E-state index is -3.74. The van der Waals surface area contributed by atoms with Crippen molar-refractivity contribution in [3.8, 4) is 0 Å². The zero-order valence-electron chi connectivity index (χ0n) is 16.2. The highest BCUT2D eigenvalue weighted by molar-refractivity contribution is 7.98. The van der Waals surface area contributed by atoms with Crippen LogP contribution in [0.25, 0.3) is 5.65 Å². The minimum Gasteiger partial charge on any atom is -0.345 e. The highest BCUT2D eigenvalue weighted by atomic mass is 32.2. The highest BCUT2D eigenvalue weighted by Crippen LogP contribution is 2.19. The number of aromatic nitrogens is 3. The third-order valence-electron chi connectivity index (χ3n) is 4.42. The number of carbonyl (C=O) groups excluding carboxylic acids is 1. The lowest BCUT2D eigenvalue weighted by atomic mass is 10.2. The van der Waals surface area contributed by atoms with Gasteiger partial charge in [0.05, 0.1) is 17.5 Å². The molecule has 0 saturated carbocycles. The molecule has 0 bridgehead atoms. The van der Waals surface area contributed by atoms with Crippen molar-refractivity contribution in [2.75, 3.05) is 25.6 Å². The molecular weight excluding hydrogens is 410 g/mol. The van der Waals surface area contributed by atoms with Gasteiger partial charge in [0.25, 0.3) is 0 Å². The smallest absolute Gasteiger partial charge is 0.243 e. The zero-order chi connectivity index (χ0) is 20.9. The summed E-state index contributed by atoms with van der Waals surface area (Å²) in [6.45, 7) is -0.288. The Morgan fingerprint density at radius 2 is 1.90 bits per heavy atom. The average Bonchev–Trinajstić information content (AvgIpc) is 3.15. The molecule has 0 aliphatic carbocycles. The van der Waals surface area contributed by atoms with Crippen molar-refractivity contribution in [2.45, 2.75) is 17.4 Å². The third-order valence-corrected chi connectivity index (χ3v) is 6.88. The van der Waals surface area contributed by atoms with Gasteiger partial charge >= 0.3 is 0 Å². The number of rotatable bonds is 9. The van der Waals surface area contributed by atoms with Gasteiger partial charge in [0.1, 0.15) is 0 Å². The molecule has 29 heavy (non-hydrogen) atoms. The van der Waals surface area contributed by atoms with E-state index in [0.29, 0.717) is 17.9 Å². The number of hydrogen-bond acceptors (Lipinski definition) is 6. The number of likely N-dealkylation sites (N-methyl/N-ethyl adjacent to an activating group) is 1. The fourth-order valence-electron chi connectivity index (χ4n) is 2.90.